The highest BCUT2D eigenvalue weighted by molar-refractivity contribution is 5.95. The van der Waals surface area contributed by atoms with Gasteiger partial charge in [-0.15, -0.1) is 0 Å². The van der Waals surface area contributed by atoms with Gasteiger partial charge in [-0.1, -0.05) is 12.8 Å². The van der Waals surface area contributed by atoms with Gasteiger partial charge in [-0.05, 0) is 43.7 Å². The van der Waals surface area contributed by atoms with Crippen LogP contribution in [0.4, 0.5) is 5.69 Å². The van der Waals surface area contributed by atoms with Gasteiger partial charge in [0.2, 0.25) is 5.91 Å². The van der Waals surface area contributed by atoms with Gasteiger partial charge in [-0.2, -0.15) is 0 Å². The maximum absolute atomic E-state index is 12.1. The van der Waals surface area contributed by atoms with Crippen LogP contribution in [0.15, 0.2) is 18.3 Å². The SMILES string of the molecule is Cc1ccc(NC(=O)[C@H]2CC23CCCC3)cn1. The number of amides is 1. The van der Waals surface area contributed by atoms with Gasteiger partial charge in [-0.25, -0.2) is 0 Å². The van der Waals surface area contributed by atoms with Crippen molar-refractivity contribution in [2.24, 2.45) is 11.3 Å². The van der Waals surface area contributed by atoms with E-state index in [4.69, 9.17) is 0 Å². The minimum absolute atomic E-state index is 0.192. The van der Waals surface area contributed by atoms with E-state index in [1.54, 1.807) is 6.20 Å². The number of nitrogens with zero attached hydrogens (tertiary/aromatic N) is 1. The van der Waals surface area contributed by atoms with Crippen molar-refractivity contribution in [2.75, 3.05) is 5.32 Å². The van der Waals surface area contributed by atoms with Crippen LogP contribution in [0.3, 0.4) is 0 Å². The molecule has 1 atom stereocenters. The Morgan fingerprint density at radius 2 is 2.18 bits per heavy atom. The fourth-order valence-electron chi connectivity index (χ4n) is 3.12. The summed E-state index contributed by atoms with van der Waals surface area (Å²) >= 11 is 0. The number of anilines is 1. The second-order valence-electron chi connectivity index (χ2n) is 5.50. The minimum Gasteiger partial charge on any atom is -0.324 e. The molecule has 2 aliphatic rings. The van der Waals surface area contributed by atoms with E-state index in [1.807, 2.05) is 19.1 Å². The molecular formula is C14H18N2O. The highest BCUT2D eigenvalue weighted by atomic mass is 16.2. The number of aryl methyl sites for hydroxylation is 1. The van der Waals surface area contributed by atoms with Crippen molar-refractivity contribution in [3.05, 3.63) is 24.0 Å². The Morgan fingerprint density at radius 1 is 1.41 bits per heavy atom. The van der Waals surface area contributed by atoms with Gasteiger partial charge in [0.1, 0.15) is 0 Å². The molecule has 90 valence electrons. The maximum atomic E-state index is 12.1. The molecule has 17 heavy (non-hydrogen) atoms. The van der Waals surface area contributed by atoms with E-state index in [1.165, 1.54) is 25.7 Å². The number of rotatable bonds is 2. The Balaban J connectivity index is 1.63. The minimum atomic E-state index is 0.192. The summed E-state index contributed by atoms with van der Waals surface area (Å²) in [5.74, 6) is 0.448. The lowest BCUT2D eigenvalue weighted by Crippen LogP contribution is -2.17. The lowest BCUT2D eigenvalue weighted by molar-refractivity contribution is -0.118. The van der Waals surface area contributed by atoms with Crippen LogP contribution in [0, 0.1) is 18.3 Å². The molecule has 0 aromatic carbocycles. The van der Waals surface area contributed by atoms with Gasteiger partial charge in [-0.3, -0.25) is 9.78 Å². The number of aromatic nitrogens is 1. The van der Waals surface area contributed by atoms with Crippen molar-refractivity contribution >= 4 is 11.6 Å². The zero-order valence-corrected chi connectivity index (χ0v) is 10.2. The molecule has 3 rings (SSSR count). The fraction of sp³-hybridized carbons (Fsp3) is 0.571. The van der Waals surface area contributed by atoms with Crippen LogP contribution in [0.1, 0.15) is 37.8 Å². The predicted molar refractivity (Wildman–Crippen MR) is 66.6 cm³/mol. The van der Waals surface area contributed by atoms with E-state index >= 15 is 0 Å². The summed E-state index contributed by atoms with van der Waals surface area (Å²) in [5, 5.41) is 2.98. The first-order valence-electron chi connectivity index (χ1n) is 6.43. The first-order valence-corrected chi connectivity index (χ1v) is 6.43. The van der Waals surface area contributed by atoms with E-state index < -0.39 is 0 Å². The number of carbonyl (C=O) groups is 1. The molecule has 0 unspecified atom stereocenters. The standard InChI is InChI=1S/C14H18N2O/c1-10-4-5-11(9-15-10)16-13(17)12-8-14(12)6-2-3-7-14/h4-5,9,12H,2-3,6-8H2,1H3,(H,16,17)/t12-/m1/s1. The largest absolute Gasteiger partial charge is 0.324 e. The summed E-state index contributed by atoms with van der Waals surface area (Å²) in [6.45, 7) is 1.94. The lowest BCUT2D eigenvalue weighted by atomic mass is 10.0. The van der Waals surface area contributed by atoms with E-state index in [0.29, 0.717) is 5.41 Å². The number of carbonyl (C=O) groups excluding carboxylic acids is 1. The smallest absolute Gasteiger partial charge is 0.228 e. The highest BCUT2D eigenvalue weighted by Crippen LogP contribution is 2.62. The van der Waals surface area contributed by atoms with E-state index in [-0.39, 0.29) is 11.8 Å². The Labute approximate surface area is 102 Å². The first-order chi connectivity index (χ1) is 8.20. The molecule has 1 aromatic rings. The molecule has 1 heterocycles. The van der Waals surface area contributed by atoms with Crippen molar-refractivity contribution in [2.45, 2.75) is 39.0 Å². The summed E-state index contributed by atoms with van der Waals surface area (Å²) in [7, 11) is 0. The average Bonchev–Trinajstić information content (AvgIpc) is 2.81. The quantitative estimate of drug-likeness (QED) is 0.848. The topological polar surface area (TPSA) is 42.0 Å². The van der Waals surface area contributed by atoms with Crippen LogP contribution in [0.5, 0.6) is 0 Å². The Morgan fingerprint density at radius 3 is 2.82 bits per heavy atom. The third kappa shape index (κ3) is 1.94. The summed E-state index contributed by atoms with van der Waals surface area (Å²) in [5.41, 5.74) is 2.17. The number of hydrogen-bond donors (Lipinski definition) is 1. The van der Waals surface area contributed by atoms with Crippen LogP contribution < -0.4 is 5.32 Å². The molecule has 2 aliphatic carbocycles. The molecule has 1 aromatic heterocycles. The Bertz CT molecular complexity index is 432. The van der Waals surface area contributed by atoms with E-state index in [9.17, 15) is 4.79 Å². The fourth-order valence-corrected chi connectivity index (χ4v) is 3.12. The summed E-state index contributed by atoms with van der Waals surface area (Å²) in [6, 6.07) is 3.85. The zero-order chi connectivity index (χ0) is 11.9. The van der Waals surface area contributed by atoms with Crippen LogP contribution in [0.2, 0.25) is 0 Å². The molecule has 1 N–H and O–H groups in total. The second kappa shape index (κ2) is 3.83. The van der Waals surface area contributed by atoms with Crippen LogP contribution in [0.25, 0.3) is 0 Å². The van der Waals surface area contributed by atoms with Crippen LogP contribution in [-0.2, 0) is 4.79 Å². The predicted octanol–water partition coefficient (Wildman–Crippen LogP) is 2.91. The van der Waals surface area contributed by atoms with Crippen LogP contribution >= 0.6 is 0 Å². The summed E-state index contributed by atoms with van der Waals surface area (Å²) in [4.78, 5) is 16.3. The van der Waals surface area contributed by atoms with Crippen molar-refractivity contribution in [3.8, 4) is 0 Å². The highest BCUT2D eigenvalue weighted by Gasteiger charge is 2.58. The van der Waals surface area contributed by atoms with Gasteiger partial charge in [0.05, 0.1) is 11.9 Å². The van der Waals surface area contributed by atoms with Crippen molar-refractivity contribution in [1.29, 1.82) is 0 Å². The van der Waals surface area contributed by atoms with Gasteiger partial charge in [0.25, 0.3) is 0 Å². The molecule has 1 amide bonds. The molecule has 1 spiro atoms. The lowest BCUT2D eigenvalue weighted by Gasteiger charge is -2.08. The average molecular weight is 230 g/mol. The molecule has 2 saturated carbocycles. The number of pyridine rings is 1. The van der Waals surface area contributed by atoms with Gasteiger partial charge < -0.3 is 5.32 Å². The molecule has 0 bridgehead atoms. The van der Waals surface area contributed by atoms with Gasteiger partial charge >= 0.3 is 0 Å². The summed E-state index contributed by atoms with van der Waals surface area (Å²) < 4.78 is 0. The molecule has 3 heteroatoms. The number of nitrogens with one attached hydrogen (secondary N) is 1. The first kappa shape index (κ1) is 10.8. The van der Waals surface area contributed by atoms with Gasteiger partial charge in [0, 0.05) is 11.6 Å². The van der Waals surface area contributed by atoms with Gasteiger partial charge in [0.15, 0.2) is 0 Å². The third-order valence-corrected chi connectivity index (χ3v) is 4.28. The molecule has 0 radical (unpaired) electrons. The monoisotopic (exact) mass is 230 g/mol. The van der Waals surface area contributed by atoms with E-state index in [0.717, 1.165) is 17.8 Å². The molecule has 0 aliphatic heterocycles. The molecule has 2 fully saturated rings. The van der Waals surface area contributed by atoms with Crippen molar-refractivity contribution < 1.29 is 4.79 Å². The van der Waals surface area contributed by atoms with Crippen LogP contribution in [-0.4, -0.2) is 10.9 Å². The van der Waals surface area contributed by atoms with Crippen molar-refractivity contribution in [3.63, 3.8) is 0 Å². The molecular weight excluding hydrogens is 212 g/mol. The summed E-state index contributed by atoms with van der Waals surface area (Å²) in [6.07, 6.45) is 7.93. The Hall–Kier alpha value is -1.38. The molecule has 0 saturated heterocycles. The maximum Gasteiger partial charge on any atom is 0.228 e. The Kier molecular flexibility index (Phi) is 2.42. The number of hydrogen-bond acceptors (Lipinski definition) is 2. The van der Waals surface area contributed by atoms with E-state index in [2.05, 4.69) is 10.3 Å². The molecule has 3 nitrogen and oxygen atoms in total. The zero-order valence-electron chi connectivity index (χ0n) is 10.2. The van der Waals surface area contributed by atoms with Crippen molar-refractivity contribution in [1.82, 2.24) is 4.98 Å². The second-order valence-corrected chi connectivity index (χ2v) is 5.50. The normalized spacial score (nSPS) is 24.9. The third-order valence-electron chi connectivity index (χ3n) is 4.28.